The summed E-state index contributed by atoms with van der Waals surface area (Å²) in [5.74, 6) is 0. The lowest BCUT2D eigenvalue weighted by Crippen LogP contribution is -1.93. The molecule has 0 saturated heterocycles. The van der Waals surface area contributed by atoms with Crippen molar-refractivity contribution in [1.29, 1.82) is 0 Å². The van der Waals surface area contributed by atoms with Crippen LogP contribution in [0.25, 0.3) is 0 Å². The van der Waals surface area contributed by atoms with Crippen LogP contribution in [-0.2, 0) is 0 Å². The van der Waals surface area contributed by atoms with E-state index in [-0.39, 0.29) is 0 Å². The Balaban J connectivity index is 1.81. The Morgan fingerprint density at radius 3 is 2.88 bits per heavy atom. The molecule has 2 aromatic heterocycles. The Bertz CT molecular complexity index is 536. The zero-order chi connectivity index (χ0) is 11.8. The Labute approximate surface area is 122 Å². The molecule has 88 valence electrons. The molecule has 1 aliphatic carbocycles. The molecule has 3 rings (SSSR count). The number of nitrogens with zero attached hydrogens (tertiary/aromatic N) is 3. The fourth-order valence-electron chi connectivity index (χ4n) is 1.48. The number of hydrogen-bond acceptors (Lipinski definition) is 3. The van der Waals surface area contributed by atoms with E-state index in [1.165, 1.54) is 12.8 Å². The maximum atomic E-state index is 5.81. The number of aromatic nitrogens is 3. The first kappa shape index (κ1) is 11.8. The second-order valence-electron chi connectivity index (χ2n) is 3.91. The van der Waals surface area contributed by atoms with Gasteiger partial charge < -0.3 is 0 Å². The highest BCUT2D eigenvalue weighted by Gasteiger charge is 2.25. The van der Waals surface area contributed by atoms with E-state index in [9.17, 15) is 0 Å². The summed E-state index contributed by atoms with van der Waals surface area (Å²) < 4.78 is 3.11. The SMILES string of the molecule is Clc1ccc(Sc2cn(C3CC3)nc2I)nc1. The van der Waals surface area contributed by atoms with Gasteiger partial charge in [0.1, 0.15) is 8.73 Å². The molecule has 0 atom stereocenters. The van der Waals surface area contributed by atoms with Gasteiger partial charge in [-0.15, -0.1) is 0 Å². The van der Waals surface area contributed by atoms with Crippen LogP contribution in [0.15, 0.2) is 34.4 Å². The van der Waals surface area contributed by atoms with Gasteiger partial charge in [-0.2, -0.15) is 5.10 Å². The average molecular weight is 378 g/mol. The molecular weight excluding hydrogens is 369 g/mol. The van der Waals surface area contributed by atoms with Gasteiger partial charge in [-0.05, 0) is 47.6 Å². The first-order valence-electron chi connectivity index (χ1n) is 5.26. The Morgan fingerprint density at radius 1 is 1.41 bits per heavy atom. The quantitative estimate of drug-likeness (QED) is 0.757. The van der Waals surface area contributed by atoms with Crippen LogP contribution < -0.4 is 0 Å². The topological polar surface area (TPSA) is 30.7 Å². The lowest BCUT2D eigenvalue weighted by atomic mass is 10.5. The van der Waals surface area contributed by atoms with Gasteiger partial charge >= 0.3 is 0 Å². The van der Waals surface area contributed by atoms with Crippen molar-refractivity contribution in [2.75, 3.05) is 0 Å². The van der Waals surface area contributed by atoms with Crippen molar-refractivity contribution in [2.45, 2.75) is 28.8 Å². The van der Waals surface area contributed by atoms with Gasteiger partial charge in [-0.3, -0.25) is 4.68 Å². The fraction of sp³-hybridized carbons (Fsp3) is 0.273. The molecule has 2 heterocycles. The third-order valence-corrected chi connectivity index (χ3v) is 4.85. The van der Waals surface area contributed by atoms with Crippen molar-refractivity contribution in [3.63, 3.8) is 0 Å². The second kappa shape index (κ2) is 4.78. The standard InChI is InChI=1S/C11H9ClIN3S/c12-7-1-4-10(14-5-7)17-9-6-16(8-2-3-8)15-11(9)13/h1,4-6,8H,2-3H2. The molecule has 1 saturated carbocycles. The lowest BCUT2D eigenvalue weighted by molar-refractivity contribution is 0.636. The van der Waals surface area contributed by atoms with Gasteiger partial charge in [0.15, 0.2) is 0 Å². The summed E-state index contributed by atoms with van der Waals surface area (Å²) in [7, 11) is 0. The lowest BCUT2D eigenvalue weighted by Gasteiger charge is -1.97. The van der Waals surface area contributed by atoms with Crippen LogP contribution in [0.5, 0.6) is 0 Å². The molecule has 0 amide bonds. The summed E-state index contributed by atoms with van der Waals surface area (Å²) in [5, 5.41) is 6.13. The molecule has 0 aromatic carbocycles. The van der Waals surface area contributed by atoms with Gasteiger partial charge in [0.05, 0.1) is 16.0 Å². The molecule has 0 N–H and O–H groups in total. The van der Waals surface area contributed by atoms with Crippen molar-refractivity contribution in [2.24, 2.45) is 0 Å². The van der Waals surface area contributed by atoms with Crippen LogP contribution in [0.4, 0.5) is 0 Å². The van der Waals surface area contributed by atoms with Crippen molar-refractivity contribution in [1.82, 2.24) is 14.8 Å². The zero-order valence-electron chi connectivity index (χ0n) is 8.81. The van der Waals surface area contributed by atoms with Crippen LogP contribution in [0.1, 0.15) is 18.9 Å². The van der Waals surface area contributed by atoms with Gasteiger partial charge in [0.2, 0.25) is 0 Å². The van der Waals surface area contributed by atoms with Gasteiger partial charge in [-0.25, -0.2) is 4.98 Å². The van der Waals surface area contributed by atoms with Crippen molar-refractivity contribution in [3.8, 4) is 0 Å². The maximum absolute atomic E-state index is 5.81. The molecule has 0 spiro atoms. The van der Waals surface area contributed by atoms with E-state index in [2.05, 4.69) is 43.6 Å². The third kappa shape index (κ3) is 2.77. The normalized spacial score (nSPS) is 15.2. The molecule has 0 radical (unpaired) electrons. The number of halogens is 2. The summed E-state index contributed by atoms with van der Waals surface area (Å²) in [6.07, 6.45) is 6.28. The average Bonchev–Trinajstić information content (AvgIpc) is 3.09. The van der Waals surface area contributed by atoms with Crippen LogP contribution in [0, 0.1) is 3.70 Å². The van der Waals surface area contributed by atoms with E-state index in [0.717, 1.165) is 13.6 Å². The molecule has 17 heavy (non-hydrogen) atoms. The Morgan fingerprint density at radius 2 is 2.24 bits per heavy atom. The smallest absolute Gasteiger partial charge is 0.137 e. The Kier molecular flexibility index (Phi) is 3.32. The highest BCUT2D eigenvalue weighted by atomic mass is 127. The molecule has 0 unspecified atom stereocenters. The van der Waals surface area contributed by atoms with E-state index in [1.54, 1.807) is 18.0 Å². The summed E-state index contributed by atoms with van der Waals surface area (Å²) in [5.41, 5.74) is 0. The van der Waals surface area contributed by atoms with Gasteiger partial charge in [-0.1, -0.05) is 23.4 Å². The van der Waals surface area contributed by atoms with E-state index in [4.69, 9.17) is 11.6 Å². The highest BCUT2D eigenvalue weighted by molar-refractivity contribution is 14.1. The fourth-order valence-corrected chi connectivity index (χ4v) is 3.07. The summed E-state index contributed by atoms with van der Waals surface area (Å²) in [4.78, 5) is 5.43. The number of rotatable bonds is 3. The molecule has 0 bridgehead atoms. The van der Waals surface area contributed by atoms with Gasteiger partial charge in [0, 0.05) is 12.4 Å². The maximum Gasteiger partial charge on any atom is 0.137 e. The van der Waals surface area contributed by atoms with Crippen LogP contribution in [0.2, 0.25) is 5.02 Å². The molecule has 3 nitrogen and oxygen atoms in total. The second-order valence-corrected chi connectivity index (χ2v) is 6.43. The van der Waals surface area contributed by atoms with E-state index in [1.807, 2.05) is 12.1 Å². The monoisotopic (exact) mass is 377 g/mol. The molecule has 1 fully saturated rings. The van der Waals surface area contributed by atoms with Gasteiger partial charge in [0.25, 0.3) is 0 Å². The van der Waals surface area contributed by atoms with E-state index < -0.39 is 0 Å². The van der Waals surface area contributed by atoms with Crippen molar-refractivity contribution >= 4 is 46.0 Å². The van der Waals surface area contributed by atoms with Crippen LogP contribution in [0.3, 0.4) is 0 Å². The van der Waals surface area contributed by atoms with E-state index >= 15 is 0 Å². The molecule has 2 aromatic rings. The minimum absolute atomic E-state index is 0.621. The summed E-state index contributed by atoms with van der Waals surface area (Å²) >= 11 is 9.71. The first-order chi connectivity index (χ1) is 8.22. The summed E-state index contributed by atoms with van der Waals surface area (Å²) in [6.45, 7) is 0. The predicted octanol–water partition coefficient (Wildman–Crippen LogP) is 4.02. The Hall–Kier alpha value is -0.270. The van der Waals surface area contributed by atoms with Crippen molar-refractivity contribution < 1.29 is 0 Å². The minimum Gasteiger partial charge on any atom is -0.267 e. The first-order valence-corrected chi connectivity index (χ1v) is 7.54. The van der Waals surface area contributed by atoms with Crippen LogP contribution in [-0.4, -0.2) is 14.8 Å². The third-order valence-electron chi connectivity index (χ3n) is 2.49. The molecular formula is C11H9ClIN3S. The molecule has 0 aliphatic heterocycles. The minimum atomic E-state index is 0.621. The molecule has 6 heteroatoms. The van der Waals surface area contributed by atoms with Crippen molar-refractivity contribution in [3.05, 3.63) is 33.2 Å². The largest absolute Gasteiger partial charge is 0.267 e. The zero-order valence-corrected chi connectivity index (χ0v) is 12.5. The number of pyridine rings is 1. The summed E-state index contributed by atoms with van der Waals surface area (Å²) in [6, 6.07) is 4.41. The molecule has 1 aliphatic rings. The van der Waals surface area contributed by atoms with Crippen LogP contribution >= 0.6 is 46.0 Å². The highest BCUT2D eigenvalue weighted by Crippen LogP contribution is 2.37. The van der Waals surface area contributed by atoms with E-state index in [0.29, 0.717) is 11.1 Å². The predicted molar refractivity (Wildman–Crippen MR) is 76.6 cm³/mol. The number of hydrogen-bond donors (Lipinski definition) is 0.